The highest BCUT2D eigenvalue weighted by molar-refractivity contribution is 5.76. The molecule has 0 radical (unpaired) electrons. The van der Waals surface area contributed by atoms with E-state index < -0.39 is 6.61 Å². The Morgan fingerprint density at radius 3 is 2.76 bits per heavy atom. The molecule has 17 heavy (non-hydrogen) atoms. The molecule has 0 saturated heterocycles. The summed E-state index contributed by atoms with van der Waals surface area (Å²) < 4.78 is 0. The van der Waals surface area contributed by atoms with Gasteiger partial charge < -0.3 is 15.3 Å². The molecule has 1 rings (SSSR count). The molecule has 0 unspecified atom stereocenters. The van der Waals surface area contributed by atoms with Crippen LogP contribution in [0, 0.1) is 0 Å². The maximum Gasteiger partial charge on any atom is 0.245 e. The van der Waals surface area contributed by atoms with Gasteiger partial charge in [-0.25, -0.2) is 0 Å². The van der Waals surface area contributed by atoms with E-state index in [1.54, 1.807) is 0 Å². The van der Waals surface area contributed by atoms with Crippen LogP contribution < -0.4 is 5.32 Å². The number of aliphatic hydroxyl groups excluding tert-OH is 1. The van der Waals surface area contributed by atoms with Crippen LogP contribution in [-0.2, 0) is 17.9 Å². The minimum atomic E-state index is -0.460. The molecule has 1 aromatic rings. The van der Waals surface area contributed by atoms with E-state index in [0.717, 1.165) is 18.7 Å². The van der Waals surface area contributed by atoms with Crippen LogP contribution in [0.15, 0.2) is 24.3 Å². The molecule has 0 saturated carbocycles. The molecule has 0 bridgehead atoms. The second-order valence-electron chi connectivity index (χ2n) is 4.09. The Bertz CT molecular complexity index is 366. The topological polar surface area (TPSA) is 52.6 Å². The van der Waals surface area contributed by atoms with Gasteiger partial charge in [-0.2, -0.15) is 0 Å². The lowest BCUT2D eigenvalue weighted by Gasteiger charge is -2.14. The molecule has 4 nitrogen and oxygen atoms in total. The van der Waals surface area contributed by atoms with Crippen molar-refractivity contribution in [1.82, 2.24) is 10.2 Å². The molecule has 1 aromatic carbocycles. The molecule has 0 aromatic heterocycles. The SMILES string of the molecule is CCN(C)Cc1cccc(CNC(=O)CO)c1. The van der Waals surface area contributed by atoms with E-state index in [2.05, 4.69) is 36.3 Å². The van der Waals surface area contributed by atoms with Crippen molar-refractivity contribution in [1.29, 1.82) is 0 Å². The van der Waals surface area contributed by atoms with Gasteiger partial charge in [0.1, 0.15) is 6.61 Å². The lowest BCUT2D eigenvalue weighted by atomic mass is 10.1. The van der Waals surface area contributed by atoms with E-state index in [1.807, 2.05) is 12.1 Å². The van der Waals surface area contributed by atoms with E-state index in [9.17, 15) is 4.79 Å². The van der Waals surface area contributed by atoms with Crippen molar-refractivity contribution in [2.75, 3.05) is 20.2 Å². The third kappa shape index (κ3) is 4.97. The number of nitrogens with zero attached hydrogens (tertiary/aromatic N) is 1. The van der Waals surface area contributed by atoms with Gasteiger partial charge in [0.2, 0.25) is 5.91 Å². The van der Waals surface area contributed by atoms with Gasteiger partial charge in [-0.15, -0.1) is 0 Å². The van der Waals surface area contributed by atoms with Crippen molar-refractivity contribution in [2.45, 2.75) is 20.0 Å². The van der Waals surface area contributed by atoms with Gasteiger partial charge in [-0.1, -0.05) is 31.2 Å². The van der Waals surface area contributed by atoms with Gasteiger partial charge >= 0.3 is 0 Å². The Kier molecular flexibility index (Phi) is 5.66. The first-order valence-corrected chi connectivity index (χ1v) is 5.79. The second kappa shape index (κ2) is 7.04. The van der Waals surface area contributed by atoms with Crippen molar-refractivity contribution in [3.63, 3.8) is 0 Å². The van der Waals surface area contributed by atoms with Crippen molar-refractivity contribution in [2.24, 2.45) is 0 Å². The number of amides is 1. The highest BCUT2D eigenvalue weighted by Crippen LogP contribution is 2.07. The van der Waals surface area contributed by atoms with Crippen molar-refractivity contribution in [3.8, 4) is 0 Å². The zero-order chi connectivity index (χ0) is 12.7. The average molecular weight is 236 g/mol. The number of aliphatic hydroxyl groups is 1. The van der Waals surface area contributed by atoms with Crippen LogP contribution in [0.5, 0.6) is 0 Å². The normalized spacial score (nSPS) is 10.6. The molecule has 1 amide bonds. The smallest absolute Gasteiger partial charge is 0.245 e. The number of rotatable bonds is 6. The summed E-state index contributed by atoms with van der Waals surface area (Å²) in [4.78, 5) is 13.1. The second-order valence-corrected chi connectivity index (χ2v) is 4.09. The first kappa shape index (κ1) is 13.7. The number of nitrogens with one attached hydrogen (secondary N) is 1. The van der Waals surface area contributed by atoms with Crippen molar-refractivity contribution < 1.29 is 9.90 Å². The summed E-state index contributed by atoms with van der Waals surface area (Å²) in [6.45, 7) is 4.02. The zero-order valence-electron chi connectivity index (χ0n) is 10.4. The van der Waals surface area contributed by atoms with Gasteiger partial charge in [-0.05, 0) is 24.7 Å². The van der Waals surface area contributed by atoms with E-state index >= 15 is 0 Å². The molecule has 0 aliphatic heterocycles. The monoisotopic (exact) mass is 236 g/mol. The molecule has 0 aliphatic rings. The van der Waals surface area contributed by atoms with Crippen LogP contribution in [0.4, 0.5) is 0 Å². The van der Waals surface area contributed by atoms with Crippen molar-refractivity contribution in [3.05, 3.63) is 35.4 Å². The molecule has 0 heterocycles. The van der Waals surface area contributed by atoms with Gasteiger partial charge in [0.25, 0.3) is 0 Å². The molecule has 94 valence electrons. The molecule has 4 heteroatoms. The van der Waals surface area contributed by atoms with Gasteiger partial charge in [0, 0.05) is 13.1 Å². The Labute approximate surface area is 102 Å². The van der Waals surface area contributed by atoms with Crippen LogP contribution >= 0.6 is 0 Å². The van der Waals surface area contributed by atoms with Crippen molar-refractivity contribution >= 4 is 5.91 Å². The minimum absolute atomic E-state index is 0.346. The highest BCUT2D eigenvalue weighted by Gasteiger charge is 2.01. The highest BCUT2D eigenvalue weighted by atomic mass is 16.3. The largest absolute Gasteiger partial charge is 0.387 e. The summed E-state index contributed by atoms with van der Waals surface area (Å²) in [5.41, 5.74) is 2.28. The summed E-state index contributed by atoms with van der Waals surface area (Å²) in [7, 11) is 2.07. The summed E-state index contributed by atoms with van der Waals surface area (Å²) in [6, 6.07) is 8.10. The predicted molar refractivity (Wildman–Crippen MR) is 67.4 cm³/mol. The lowest BCUT2D eigenvalue weighted by Crippen LogP contribution is -2.25. The number of carbonyl (C=O) groups excluding carboxylic acids is 1. The first-order chi connectivity index (χ1) is 8.15. The Morgan fingerprint density at radius 1 is 1.41 bits per heavy atom. The fraction of sp³-hybridized carbons (Fsp3) is 0.462. The maximum atomic E-state index is 10.9. The molecule has 2 N–H and O–H groups in total. The molecule has 0 atom stereocenters. The molecule has 0 spiro atoms. The van der Waals surface area contributed by atoms with Crippen LogP contribution in [0.1, 0.15) is 18.1 Å². The Morgan fingerprint density at radius 2 is 2.12 bits per heavy atom. The summed E-state index contributed by atoms with van der Waals surface area (Å²) in [6.07, 6.45) is 0. The van der Waals surface area contributed by atoms with Crippen LogP contribution in [0.2, 0.25) is 0 Å². The number of hydrogen-bond donors (Lipinski definition) is 2. The molecular formula is C13H20N2O2. The minimum Gasteiger partial charge on any atom is -0.387 e. The number of hydrogen-bond acceptors (Lipinski definition) is 3. The lowest BCUT2D eigenvalue weighted by molar-refractivity contribution is -0.123. The first-order valence-electron chi connectivity index (χ1n) is 5.79. The zero-order valence-corrected chi connectivity index (χ0v) is 10.4. The molecular weight excluding hydrogens is 216 g/mol. The van der Waals surface area contributed by atoms with Crippen LogP contribution in [0.3, 0.4) is 0 Å². The standard InChI is InChI=1S/C13H20N2O2/c1-3-15(2)9-12-6-4-5-11(7-12)8-14-13(17)10-16/h4-7,16H,3,8-10H2,1-2H3,(H,14,17). The third-order valence-corrected chi connectivity index (χ3v) is 2.62. The van der Waals surface area contributed by atoms with E-state index in [-0.39, 0.29) is 5.91 Å². The predicted octanol–water partition coefficient (Wildman–Crippen LogP) is 0.747. The summed E-state index contributed by atoms with van der Waals surface area (Å²) in [5, 5.41) is 11.2. The van der Waals surface area contributed by atoms with Gasteiger partial charge in [-0.3, -0.25) is 4.79 Å². The quantitative estimate of drug-likeness (QED) is 0.766. The third-order valence-electron chi connectivity index (χ3n) is 2.62. The summed E-state index contributed by atoms with van der Waals surface area (Å²) in [5.74, 6) is -0.346. The number of carbonyl (C=O) groups is 1. The fourth-order valence-corrected chi connectivity index (χ4v) is 1.52. The number of benzene rings is 1. The average Bonchev–Trinajstić information content (AvgIpc) is 2.36. The van der Waals surface area contributed by atoms with E-state index in [4.69, 9.17) is 5.11 Å². The molecule has 0 aliphatic carbocycles. The van der Waals surface area contributed by atoms with E-state index in [0.29, 0.717) is 6.54 Å². The van der Waals surface area contributed by atoms with Gasteiger partial charge in [0.05, 0.1) is 0 Å². The van der Waals surface area contributed by atoms with Crippen LogP contribution in [-0.4, -0.2) is 36.1 Å². The Balaban J connectivity index is 2.56. The van der Waals surface area contributed by atoms with Crippen LogP contribution in [0.25, 0.3) is 0 Å². The molecule has 0 fully saturated rings. The maximum absolute atomic E-state index is 10.9. The Hall–Kier alpha value is -1.39. The fourth-order valence-electron chi connectivity index (χ4n) is 1.52. The summed E-state index contributed by atoms with van der Waals surface area (Å²) >= 11 is 0. The van der Waals surface area contributed by atoms with E-state index in [1.165, 1.54) is 5.56 Å². The van der Waals surface area contributed by atoms with Gasteiger partial charge in [0.15, 0.2) is 0 Å².